The Bertz CT molecular complexity index is 500. The van der Waals surface area contributed by atoms with Crippen LogP contribution in [0, 0.1) is 0 Å². The van der Waals surface area contributed by atoms with Gasteiger partial charge < -0.3 is 10.4 Å². The lowest BCUT2D eigenvalue weighted by Gasteiger charge is -2.27. The molecule has 0 spiro atoms. The van der Waals surface area contributed by atoms with E-state index in [-0.39, 0.29) is 18.1 Å². The van der Waals surface area contributed by atoms with Crippen LogP contribution in [0.4, 0.5) is 5.69 Å². The Kier molecular flexibility index (Phi) is 3.34. The third-order valence-corrected chi connectivity index (χ3v) is 5.01. The summed E-state index contributed by atoms with van der Waals surface area (Å²) in [7, 11) is -3.04. The number of anilines is 1. The van der Waals surface area contributed by atoms with Gasteiger partial charge in [-0.05, 0) is 30.7 Å². The van der Waals surface area contributed by atoms with Crippen molar-refractivity contribution in [3.63, 3.8) is 0 Å². The predicted molar refractivity (Wildman–Crippen MR) is 68.2 cm³/mol. The molecule has 1 unspecified atom stereocenters. The lowest BCUT2D eigenvalue weighted by atomic mass is 10.00. The Morgan fingerprint density at radius 3 is 2.47 bits per heavy atom. The summed E-state index contributed by atoms with van der Waals surface area (Å²) in [5, 5.41) is 13.1. The van der Waals surface area contributed by atoms with Crippen molar-refractivity contribution < 1.29 is 13.5 Å². The average molecular weight is 276 g/mol. The normalized spacial score (nSPS) is 26.9. The summed E-state index contributed by atoms with van der Waals surface area (Å²) in [4.78, 5) is 0. The highest BCUT2D eigenvalue weighted by Crippen LogP contribution is 2.28. The predicted octanol–water partition coefficient (Wildman–Crippen LogP) is 1.30. The van der Waals surface area contributed by atoms with Gasteiger partial charge in [0.2, 0.25) is 0 Å². The van der Waals surface area contributed by atoms with Crippen LogP contribution in [0.15, 0.2) is 24.3 Å². The van der Waals surface area contributed by atoms with E-state index < -0.39 is 15.4 Å². The summed E-state index contributed by atoms with van der Waals surface area (Å²) in [5.41, 5.74) is 0.00712. The molecule has 0 saturated carbocycles. The van der Waals surface area contributed by atoms with Crippen molar-refractivity contribution in [3.05, 3.63) is 29.3 Å². The van der Waals surface area contributed by atoms with Gasteiger partial charge in [-0.1, -0.05) is 11.6 Å². The summed E-state index contributed by atoms with van der Waals surface area (Å²) in [6.07, 6.45) is 0.425. The zero-order chi connectivity index (χ0) is 12.5. The Hall–Kier alpha value is -0.780. The lowest BCUT2D eigenvalue weighted by molar-refractivity contribution is 0.226. The smallest absolute Gasteiger partial charge is 0.152 e. The number of rotatable bonds is 3. The minimum atomic E-state index is -3.04. The fraction of sp³-hybridized carbons (Fsp3) is 0.455. The van der Waals surface area contributed by atoms with E-state index in [1.807, 2.05) is 0 Å². The zero-order valence-corrected chi connectivity index (χ0v) is 10.8. The van der Waals surface area contributed by atoms with Crippen LogP contribution >= 0.6 is 11.6 Å². The maximum atomic E-state index is 11.5. The first-order chi connectivity index (χ1) is 7.95. The second-order valence-electron chi connectivity index (χ2n) is 4.41. The summed E-state index contributed by atoms with van der Waals surface area (Å²) >= 11 is 5.77. The molecule has 0 bridgehead atoms. The third-order valence-electron chi connectivity index (χ3n) is 2.94. The second kappa shape index (κ2) is 4.48. The van der Waals surface area contributed by atoms with Gasteiger partial charge in [-0.3, -0.25) is 0 Å². The van der Waals surface area contributed by atoms with Crippen molar-refractivity contribution in [2.45, 2.75) is 12.0 Å². The van der Waals surface area contributed by atoms with Gasteiger partial charge in [-0.25, -0.2) is 8.42 Å². The molecule has 1 fully saturated rings. The van der Waals surface area contributed by atoms with Crippen molar-refractivity contribution in [1.82, 2.24) is 0 Å². The van der Waals surface area contributed by atoms with Gasteiger partial charge in [0.15, 0.2) is 9.84 Å². The van der Waals surface area contributed by atoms with Gasteiger partial charge in [0.1, 0.15) is 0 Å². The largest absolute Gasteiger partial charge is 0.394 e. The number of halogens is 1. The Balaban J connectivity index is 2.18. The van der Waals surface area contributed by atoms with Crippen molar-refractivity contribution in [2.75, 3.05) is 23.4 Å². The van der Waals surface area contributed by atoms with Crippen LogP contribution in [-0.2, 0) is 9.84 Å². The number of hydrogen-bond acceptors (Lipinski definition) is 4. The molecule has 0 radical (unpaired) electrons. The fourth-order valence-electron chi connectivity index (χ4n) is 2.02. The van der Waals surface area contributed by atoms with E-state index in [0.29, 0.717) is 11.4 Å². The van der Waals surface area contributed by atoms with Crippen LogP contribution in [-0.4, -0.2) is 37.2 Å². The van der Waals surface area contributed by atoms with Crippen LogP contribution in [0.25, 0.3) is 0 Å². The zero-order valence-electron chi connectivity index (χ0n) is 9.19. The van der Waals surface area contributed by atoms with Gasteiger partial charge in [0, 0.05) is 10.7 Å². The molecule has 17 heavy (non-hydrogen) atoms. The number of hydrogen-bond donors (Lipinski definition) is 2. The summed E-state index contributed by atoms with van der Waals surface area (Å²) < 4.78 is 23.0. The minimum absolute atomic E-state index is 0.0286. The Morgan fingerprint density at radius 2 is 2.00 bits per heavy atom. The molecule has 0 aliphatic carbocycles. The van der Waals surface area contributed by atoms with Crippen molar-refractivity contribution in [3.8, 4) is 0 Å². The molecule has 1 aromatic rings. The molecule has 1 atom stereocenters. The monoisotopic (exact) mass is 275 g/mol. The molecular weight excluding hydrogens is 262 g/mol. The van der Waals surface area contributed by atoms with Crippen LogP contribution in [0.1, 0.15) is 6.42 Å². The number of aliphatic hydroxyl groups is 1. The highest BCUT2D eigenvalue weighted by molar-refractivity contribution is 7.91. The summed E-state index contributed by atoms with van der Waals surface area (Å²) in [6.45, 7) is -0.200. The first kappa shape index (κ1) is 12.7. The molecule has 2 rings (SSSR count). The molecule has 2 N–H and O–H groups in total. The highest BCUT2D eigenvalue weighted by atomic mass is 35.5. The van der Waals surface area contributed by atoms with Crippen LogP contribution < -0.4 is 5.32 Å². The number of nitrogens with one attached hydrogen (secondary N) is 1. The van der Waals surface area contributed by atoms with E-state index in [0.717, 1.165) is 5.69 Å². The van der Waals surface area contributed by atoms with E-state index >= 15 is 0 Å². The molecular formula is C11H14ClNO3S. The van der Waals surface area contributed by atoms with E-state index in [1.165, 1.54) is 0 Å². The van der Waals surface area contributed by atoms with E-state index in [1.54, 1.807) is 24.3 Å². The SMILES string of the molecule is O=S1(=O)CCC(CO)(Nc2ccc(Cl)cc2)C1. The molecule has 1 aliphatic heterocycles. The molecule has 0 amide bonds. The molecule has 4 nitrogen and oxygen atoms in total. The van der Waals surface area contributed by atoms with Crippen molar-refractivity contribution in [2.24, 2.45) is 0 Å². The average Bonchev–Trinajstić information content (AvgIpc) is 2.59. The van der Waals surface area contributed by atoms with Gasteiger partial charge in [0.05, 0.1) is 23.7 Å². The first-order valence-corrected chi connectivity index (χ1v) is 7.50. The molecule has 6 heteroatoms. The number of aliphatic hydroxyl groups excluding tert-OH is 1. The molecule has 1 saturated heterocycles. The molecule has 94 valence electrons. The van der Waals surface area contributed by atoms with Crippen LogP contribution in [0.3, 0.4) is 0 Å². The standard InChI is InChI=1S/C11H14ClNO3S/c12-9-1-3-10(4-2-9)13-11(7-14)5-6-17(15,16)8-11/h1-4,13-14H,5-8H2. The van der Waals surface area contributed by atoms with E-state index in [9.17, 15) is 13.5 Å². The summed E-state index contributed by atoms with van der Waals surface area (Å²) in [6, 6.07) is 6.98. The van der Waals surface area contributed by atoms with E-state index in [2.05, 4.69) is 5.32 Å². The van der Waals surface area contributed by atoms with Crippen LogP contribution in [0.2, 0.25) is 5.02 Å². The first-order valence-electron chi connectivity index (χ1n) is 5.30. The molecule has 1 aromatic carbocycles. The third kappa shape index (κ3) is 2.91. The fourth-order valence-corrected chi connectivity index (χ4v) is 4.14. The maximum Gasteiger partial charge on any atom is 0.152 e. The Labute approximate surface area is 106 Å². The second-order valence-corrected chi connectivity index (χ2v) is 7.03. The maximum absolute atomic E-state index is 11.5. The molecule has 1 heterocycles. The van der Waals surface area contributed by atoms with Crippen molar-refractivity contribution >= 4 is 27.1 Å². The number of benzene rings is 1. The van der Waals surface area contributed by atoms with Gasteiger partial charge in [-0.2, -0.15) is 0 Å². The summed E-state index contributed by atoms with van der Waals surface area (Å²) in [5.74, 6) is 0.0906. The number of sulfone groups is 1. The molecule has 1 aliphatic rings. The Morgan fingerprint density at radius 1 is 1.35 bits per heavy atom. The minimum Gasteiger partial charge on any atom is -0.394 e. The van der Waals surface area contributed by atoms with Gasteiger partial charge in [0.25, 0.3) is 0 Å². The van der Waals surface area contributed by atoms with Gasteiger partial charge >= 0.3 is 0 Å². The van der Waals surface area contributed by atoms with Crippen LogP contribution in [0.5, 0.6) is 0 Å². The van der Waals surface area contributed by atoms with Crippen molar-refractivity contribution in [1.29, 1.82) is 0 Å². The highest BCUT2D eigenvalue weighted by Gasteiger charge is 2.41. The van der Waals surface area contributed by atoms with Gasteiger partial charge in [-0.15, -0.1) is 0 Å². The lowest BCUT2D eigenvalue weighted by Crippen LogP contribution is -2.43. The topological polar surface area (TPSA) is 66.4 Å². The quantitative estimate of drug-likeness (QED) is 0.873. The van der Waals surface area contributed by atoms with E-state index in [4.69, 9.17) is 11.6 Å². The molecule has 0 aromatic heterocycles.